The van der Waals surface area contributed by atoms with Gasteiger partial charge in [-0.25, -0.2) is 9.78 Å². The van der Waals surface area contributed by atoms with E-state index in [-0.39, 0.29) is 11.4 Å². The number of amides is 1. The zero-order valence-corrected chi connectivity index (χ0v) is 18.0. The second-order valence-electron chi connectivity index (χ2n) is 8.46. The number of hydrogen-bond donors (Lipinski definition) is 1. The molecule has 3 rings (SSSR count). The molecule has 0 bridgehead atoms. The van der Waals surface area contributed by atoms with Gasteiger partial charge in [0, 0.05) is 25.2 Å². The van der Waals surface area contributed by atoms with Crippen molar-refractivity contribution in [3.63, 3.8) is 0 Å². The Morgan fingerprint density at radius 1 is 1.41 bits per heavy atom. The highest BCUT2D eigenvalue weighted by molar-refractivity contribution is 6.28. The SMILES string of the molecule is CO[C@H]1CC[C@](CNC(=O)OC(C)(C)C)(n2c(C=O)cc3cnc(Cl)nc32)CC1. The van der Waals surface area contributed by atoms with Crippen molar-refractivity contribution < 1.29 is 19.1 Å². The number of rotatable bonds is 5. The number of ether oxygens (including phenoxy) is 2. The summed E-state index contributed by atoms with van der Waals surface area (Å²) in [5, 5.41) is 3.72. The van der Waals surface area contributed by atoms with Crippen LogP contribution in [0.5, 0.6) is 0 Å². The molecule has 9 heteroatoms. The molecule has 1 N–H and O–H groups in total. The van der Waals surface area contributed by atoms with Crippen LogP contribution in [0.25, 0.3) is 11.0 Å². The minimum absolute atomic E-state index is 0.107. The zero-order valence-electron chi connectivity index (χ0n) is 17.2. The fourth-order valence-electron chi connectivity index (χ4n) is 3.97. The maximum absolute atomic E-state index is 12.3. The van der Waals surface area contributed by atoms with Gasteiger partial charge in [0.15, 0.2) is 6.29 Å². The maximum Gasteiger partial charge on any atom is 0.407 e. The smallest absolute Gasteiger partial charge is 0.407 e. The second kappa shape index (κ2) is 8.28. The Morgan fingerprint density at radius 2 is 2.10 bits per heavy atom. The first-order chi connectivity index (χ1) is 13.7. The predicted molar refractivity (Wildman–Crippen MR) is 109 cm³/mol. The predicted octanol–water partition coefficient (Wildman–Crippen LogP) is 3.71. The summed E-state index contributed by atoms with van der Waals surface area (Å²) < 4.78 is 12.8. The van der Waals surface area contributed by atoms with Crippen LogP contribution in [-0.2, 0) is 15.0 Å². The van der Waals surface area contributed by atoms with Crippen LogP contribution in [-0.4, -0.2) is 52.3 Å². The first-order valence-corrected chi connectivity index (χ1v) is 10.0. The minimum atomic E-state index is -0.597. The summed E-state index contributed by atoms with van der Waals surface area (Å²) in [5.41, 5.74) is -0.103. The Labute approximate surface area is 174 Å². The van der Waals surface area contributed by atoms with Crippen molar-refractivity contribution in [2.75, 3.05) is 13.7 Å². The molecule has 0 unspecified atom stereocenters. The monoisotopic (exact) mass is 422 g/mol. The lowest BCUT2D eigenvalue weighted by molar-refractivity contribution is 0.0256. The summed E-state index contributed by atoms with van der Waals surface area (Å²) in [6.45, 7) is 5.74. The number of hydrogen-bond acceptors (Lipinski definition) is 6. The van der Waals surface area contributed by atoms with Gasteiger partial charge >= 0.3 is 6.09 Å². The molecule has 0 aliphatic heterocycles. The number of fused-ring (bicyclic) bond motifs is 1. The molecule has 0 saturated heterocycles. The molecular formula is C20H27ClN4O4. The molecule has 158 valence electrons. The number of carbonyl (C=O) groups is 2. The highest BCUT2D eigenvalue weighted by Crippen LogP contribution is 2.39. The lowest BCUT2D eigenvalue weighted by Crippen LogP contribution is -2.49. The van der Waals surface area contributed by atoms with E-state index < -0.39 is 17.2 Å². The van der Waals surface area contributed by atoms with Gasteiger partial charge in [-0.3, -0.25) is 4.79 Å². The number of halogens is 1. The third kappa shape index (κ3) is 4.70. The standard InChI is InChI=1S/C20H27ClN4O4/c1-19(2,3)29-18(27)23-12-20(7-5-15(28-4)6-8-20)25-14(11-26)9-13-10-22-17(21)24-16(13)25/h9-11,15H,5-8,12H2,1-4H3,(H,23,27)/t15-,20-. The summed E-state index contributed by atoms with van der Waals surface area (Å²) in [7, 11) is 1.70. The van der Waals surface area contributed by atoms with Gasteiger partial charge in [0.25, 0.3) is 0 Å². The van der Waals surface area contributed by atoms with Gasteiger partial charge in [-0.1, -0.05) is 0 Å². The van der Waals surface area contributed by atoms with Crippen LogP contribution >= 0.6 is 11.6 Å². The van der Waals surface area contributed by atoms with Gasteiger partial charge in [0.1, 0.15) is 11.2 Å². The second-order valence-corrected chi connectivity index (χ2v) is 8.79. The fraction of sp³-hybridized carbons (Fsp3) is 0.600. The Morgan fingerprint density at radius 3 is 2.69 bits per heavy atom. The molecule has 29 heavy (non-hydrogen) atoms. The lowest BCUT2D eigenvalue weighted by atomic mass is 9.79. The van der Waals surface area contributed by atoms with Gasteiger partial charge in [-0.05, 0) is 64.1 Å². The summed E-state index contributed by atoms with van der Waals surface area (Å²) in [6, 6.07) is 1.75. The summed E-state index contributed by atoms with van der Waals surface area (Å²) in [4.78, 5) is 32.6. The van der Waals surface area contributed by atoms with Crippen LogP contribution in [0.1, 0.15) is 56.9 Å². The van der Waals surface area contributed by atoms with Crippen LogP contribution in [0.2, 0.25) is 5.28 Å². The number of alkyl carbamates (subject to hydrolysis) is 1. The van der Waals surface area contributed by atoms with Crippen molar-refractivity contribution in [3.8, 4) is 0 Å². The van der Waals surface area contributed by atoms with Gasteiger partial charge in [0.05, 0.1) is 17.3 Å². The molecule has 1 amide bonds. The van der Waals surface area contributed by atoms with Crippen LogP contribution in [0, 0.1) is 0 Å². The molecule has 0 radical (unpaired) electrons. The first kappa shape index (κ1) is 21.5. The van der Waals surface area contributed by atoms with E-state index in [0.29, 0.717) is 30.7 Å². The molecule has 8 nitrogen and oxygen atoms in total. The van der Waals surface area contributed by atoms with Gasteiger partial charge in [-0.15, -0.1) is 0 Å². The van der Waals surface area contributed by atoms with Crippen molar-refractivity contribution >= 4 is 35.0 Å². The highest BCUT2D eigenvalue weighted by Gasteiger charge is 2.40. The van der Waals surface area contributed by atoms with E-state index in [1.54, 1.807) is 19.4 Å². The Balaban J connectivity index is 2.00. The van der Waals surface area contributed by atoms with E-state index in [1.165, 1.54) is 0 Å². The maximum atomic E-state index is 12.3. The van der Waals surface area contributed by atoms with Crippen LogP contribution in [0.3, 0.4) is 0 Å². The Kier molecular flexibility index (Phi) is 6.14. The molecule has 1 aliphatic rings. The van der Waals surface area contributed by atoms with Crippen molar-refractivity contribution in [2.24, 2.45) is 0 Å². The van der Waals surface area contributed by atoms with Crippen LogP contribution < -0.4 is 5.32 Å². The molecule has 1 aliphatic carbocycles. The van der Waals surface area contributed by atoms with Gasteiger partial charge in [0.2, 0.25) is 5.28 Å². The molecule has 2 aromatic rings. The third-order valence-electron chi connectivity index (χ3n) is 5.29. The summed E-state index contributed by atoms with van der Waals surface area (Å²) in [5.74, 6) is 0. The van der Waals surface area contributed by atoms with Crippen LogP contribution in [0.15, 0.2) is 12.3 Å². The van der Waals surface area contributed by atoms with Gasteiger partial charge in [-0.2, -0.15) is 4.98 Å². The minimum Gasteiger partial charge on any atom is -0.444 e. The van der Waals surface area contributed by atoms with E-state index in [1.807, 2.05) is 25.3 Å². The number of nitrogens with zero attached hydrogens (tertiary/aromatic N) is 3. The molecule has 1 saturated carbocycles. The Bertz CT molecular complexity index is 898. The molecule has 0 spiro atoms. The lowest BCUT2D eigenvalue weighted by Gasteiger charge is -2.42. The van der Waals surface area contributed by atoms with Crippen molar-refractivity contribution in [1.29, 1.82) is 0 Å². The molecular weight excluding hydrogens is 396 g/mol. The highest BCUT2D eigenvalue weighted by atomic mass is 35.5. The third-order valence-corrected chi connectivity index (χ3v) is 5.47. The number of carbonyl (C=O) groups excluding carboxylic acids is 2. The largest absolute Gasteiger partial charge is 0.444 e. The van der Waals surface area contributed by atoms with Gasteiger partial charge < -0.3 is 19.4 Å². The number of nitrogens with one attached hydrogen (secondary N) is 1. The van der Waals surface area contributed by atoms with E-state index >= 15 is 0 Å². The average Bonchev–Trinajstić information content (AvgIpc) is 3.04. The van der Waals surface area contributed by atoms with E-state index in [0.717, 1.165) is 24.5 Å². The van der Waals surface area contributed by atoms with Crippen LogP contribution in [0.4, 0.5) is 4.79 Å². The first-order valence-electron chi connectivity index (χ1n) is 9.67. The molecule has 2 aromatic heterocycles. The molecule has 2 heterocycles. The molecule has 0 atom stereocenters. The average molecular weight is 423 g/mol. The van der Waals surface area contributed by atoms with Crippen molar-refractivity contribution in [2.45, 2.75) is 63.7 Å². The number of aldehydes is 1. The van der Waals surface area contributed by atoms with Crippen molar-refractivity contribution in [3.05, 3.63) is 23.2 Å². The van der Waals surface area contributed by atoms with E-state index in [2.05, 4.69) is 15.3 Å². The number of aromatic nitrogens is 3. The van der Waals surface area contributed by atoms with Crippen molar-refractivity contribution in [1.82, 2.24) is 19.9 Å². The summed E-state index contributed by atoms with van der Waals surface area (Å²) >= 11 is 6.04. The number of methoxy groups -OCH3 is 1. The zero-order chi connectivity index (χ0) is 21.2. The Hall–Kier alpha value is -2.19. The fourth-order valence-corrected chi connectivity index (χ4v) is 4.10. The van der Waals surface area contributed by atoms with E-state index in [9.17, 15) is 9.59 Å². The summed E-state index contributed by atoms with van der Waals surface area (Å²) in [6.07, 6.45) is 5.04. The molecule has 0 aromatic carbocycles. The molecule has 1 fully saturated rings. The van der Waals surface area contributed by atoms with E-state index in [4.69, 9.17) is 21.1 Å². The normalized spacial score (nSPS) is 22.4. The quantitative estimate of drug-likeness (QED) is 0.583. The topological polar surface area (TPSA) is 95.3 Å².